The molecule has 19 heavy (non-hydrogen) atoms. The van der Waals surface area contributed by atoms with Crippen LogP contribution in [0.2, 0.25) is 0 Å². The predicted octanol–water partition coefficient (Wildman–Crippen LogP) is 2.51. The summed E-state index contributed by atoms with van der Waals surface area (Å²) in [6.07, 6.45) is 1.52. The molecule has 2 rings (SSSR count). The Labute approximate surface area is 112 Å². The van der Waals surface area contributed by atoms with Crippen LogP contribution in [0.25, 0.3) is 11.3 Å². The Morgan fingerprint density at radius 3 is 2.37 bits per heavy atom. The van der Waals surface area contributed by atoms with Crippen molar-refractivity contribution in [2.45, 2.75) is 6.92 Å². The van der Waals surface area contributed by atoms with Crippen molar-refractivity contribution in [1.82, 2.24) is 9.97 Å². The van der Waals surface area contributed by atoms with Gasteiger partial charge in [-0.2, -0.15) is 0 Å². The lowest BCUT2D eigenvalue weighted by molar-refractivity contribution is 0.401. The van der Waals surface area contributed by atoms with Crippen LogP contribution in [-0.4, -0.2) is 31.2 Å². The molecule has 0 saturated carbocycles. The lowest BCUT2D eigenvalue weighted by Gasteiger charge is -2.13. The maximum Gasteiger partial charge on any atom is 0.129 e. The van der Waals surface area contributed by atoms with Crippen molar-refractivity contribution in [3.63, 3.8) is 0 Å². The number of ether oxygens (including phenoxy) is 2. The number of anilines is 1. The van der Waals surface area contributed by atoms with E-state index in [9.17, 15) is 0 Å². The summed E-state index contributed by atoms with van der Waals surface area (Å²) in [5, 5.41) is 2.99. The van der Waals surface area contributed by atoms with Crippen molar-refractivity contribution in [2.24, 2.45) is 0 Å². The zero-order valence-electron chi connectivity index (χ0n) is 11.5. The first-order chi connectivity index (χ1) is 9.19. The lowest BCUT2D eigenvalue weighted by atomic mass is 10.1. The van der Waals surface area contributed by atoms with Crippen LogP contribution in [0.15, 0.2) is 24.5 Å². The fourth-order valence-corrected chi connectivity index (χ4v) is 1.89. The molecule has 0 spiro atoms. The number of hydrogen-bond acceptors (Lipinski definition) is 5. The number of methoxy groups -OCH3 is 2. The van der Waals surface area contributed by atoms with E-state index in [0.717, 1.165) is 34.1 Å². The number of aromatic nitrogens is 2. The number of benzene rings is 1. The van der Waals surface area contributed by atoms with E-state index in [-0.39, 0.29) is 0 Å². The number of nitrogens with one attached hydrogen (secondary N) is 1. The van der Waals surface area contributed by atoms with Crippen LogP contribution in [0.4, 0.5) is 5.82 Å². The van der Waals surface area contributed by atoms with E-state index in [1.807, 2.05) is 32.2 Å². The summed E-state index contributed by atoms with van der Waals surface area (Å²) in [5.74, 6) is 2.33. The second-order valence-electron chi connectivity index (χ2n) is 4.06. The van der Waals surface area contributed by atoms with Gasteiger partial charge in [-0.1, -0.05) is 0 Å². The molecule has 0 saturated heterocycles. The highest BCUT2D eigenvalue weighted by molar-refractivity contribution is 5.71. The Balaban J connectivity index is 2.58. The zero-order chi connectivity index (χ0) is 13.8. The van der Waals surface area contributed by atoms with E-state index >= 15 is 0 Å². The molecule has 1 N–H and O–H groups in total. The van der Waals surface area contributed by atoms with Crippen molar-refractivity contribution >= 4 is 5.82 Å². The van der Waals surface area contributed by atoms with Gasteiger partial charge in [0.25, 0.3) is 0 Å². The van der Waals surface area contributed by atoms with Crippen molar-refractivity contribution in [1.29, 1.82) is 0 Å². The van der Waals surface area contributed by atoms with Crippen LogP contribution >= 0.6 is 0 Å². The second kappa shape index (κ2) is 5.56. The topological polar surface area (TPSA) is 56.3 Å². The van der Waals surface area contributed by atoms with Gasteiger partial charge in [-0.3, -0.25) is 0 Å². The molecule has 0 atom stereocenters. The molecule has 100 valence electrons. The highest BCUT2D eigenvalue weighted by atomic mass is 16.5. The maximum absolute atomic E-state index is 5.42. The van der Waals surface area contributed by atoms with E-state index in [4.69, 9.17) is 9.47 Å². The number of aryl methyl sites for hydroxylation is 1. The van der Waals surface area contributed by atoms with Crippen molar-refractivity contribution in [3.8, 4) is 22.8 Å². The minimum absolute atomic E-state index is 0.756. The molecule has 0 aliphatic rings. The Bertz CT molecular complexity index is 585. The van der Waals surface area contributed by atoms with Gasteiger partial charge in [0.1, 0.15) is 23.6 Å². The molecule has 0 unspecified atom stereocenters. The maximum atomic E-state index is 5.42. The van der Waals surface area contributed by atoms with Crippen molar-refractivity contribution < 1.29 is 9.47 Å². The van der Waals surface area contributed by atoms with Crippen LogP contribution < -0.4 is 14.8 Å². The molecular weight excluding hydrogens is 242 g/mol. The fourth-order valence-electron chi connectivity index (χ4n) is 1.89. The summed E-state index contributed by atoms with van der Waals surface area (Å²) < 4.78 is 10.8. The molecule has 5 nitrogen and oxygen atoms in total. The number of hydrogen-bond donors (Lipinski definition) is 1. The monoisotopic (exact) mass is 259 g/mol. The third kappa shape index (κ3) is 2.59. The van der Waals surface area contributed by atoms with E-state index < -0.39 is 0 Å². The lowest BCUT2D eigenvalue weighted by Crippen LogP contribution is -1.97. The summed E-state index contributed by atoms with van der Waals surface area (Å²) in [5.41, 5.74) is 2.68. The normalized spacial score (nSPS) is 10.1. The third-order valence-corrected chi connectivity index (χ3v) is 2.92. The van der Waals surface area contributed by atoms with Gasteiger partial charge < -0.3 is 14.8 Å². The molecule has 1 aromatic heterocycles. The predicted molar refractivity (Wildman–Crippen MR) is 74.9 cm³/mol. The third-order valence-electron chi connectivity index (χ3n) is 2.92. The van der Waals surface area contributed by atoms with Crippen LogP contribution in [-0.2, 0) is 0 Å². The van der Waals surface area contributed by atoms with Crippen LogP contribution in [0.1, 0.15) is 5.56 Å². The van der Waals surface area contributed by atoms with Gasteiger partial charge in [0.2, 0.25) is 0 Å². The zero-order valence-corrected chi connectivity index (χ0v) is 11.5. The SMILES string of the molecule is CNc1cc(-c2cc(OC)c(C)cc2OC)ncn1. The molecule has 2 aromatic rings. The smallest absolute Gasteiger partial charge is 0.129 e. The summed E-state index contributed by atoms with van der Waals surface area (Å²) in [6, 6.07) is 5.73. The molecule has 0 aliphatic heterocycles. The van der Waals surface area contributed by atoms with Crippen LogP contribution in [0.5, 0.6) is 11.5 Å². The van der Waals surface area contributed by atoms with Gasteiger partial charge >= 0.3 is 0 Å². The Morgan fingerprint density at radius 2 is 1.74 bits per heavy atom. The van der Waals surface area contributed by atoms with Gasteiger partial charge in [0, 0.05) is 18.7 Å². The van der Waals surface area contributed by atoms with Crippen molar-refractivity contribution in [2.75, 3.05) is 26.6 Å². The van der Waals surface area contributed by atoms with E-state index in [1.165, 1.54) is 6.33 Å². The second-order valence-corrected chi connectivity index (χ2v) is 4.06. The van der Waals surface area contributed by atoms with E-state index in [1.54, 1.807) is 14.2 Å². The van der Waals surface area contributed by atoms with Crippen LogP contribution in [0.3, 0.4) is 0 Å². The van der Waals surface area contributed by atoms with Gasteiger partial charge in [0.15, 0.2) is 0 Å². The molecule has 0 amide bonds. The summed E-state index contributed by atoms with van der Waals surface area (Å²) >= 11 is 0. The first-order valence-electron chi connectivity index (χ1n) is 5.92. The molecule has 0 radical (unpaired) electrons. The summed E-state index contributed by atoms with van der Waals surface area (Å²) in [6.45, 7) is 1.98. The Kier molecular flexibility index (Phi) is 3.85. The van der Waals surface area contributed by atoms with Gasteiger partial charge in [-0.05, 0) is 24.6 Å². The van der Waals surface area contributed by atoms with Crippen LogP contribution in [0, 0.1) is 6.92 Å². The molecule has 5 heteroatoms. The quantitative estimate of drug-likeness (QED) is 0.914. The molecule has 0 bridgehead atoms. The minimum Gasteiger partial charge on any atom is -0.496 e. The Morgan fingerprint density at radius 1 is 1.00 bits per heavy atom. The average molecular weight is 259 g/mol. The van der Waals surface area contributed by atoms with E-state index in [2.05, 4.69) is 15.3 Å². The number of nitrogens with zero attached hydrogens (tertiary/aromatic N) is 2. The average Bonchev–Trinajstić information content (AvgIpc) is 2.46. The van der Waals surface area contributed by atoms with Gasteiger partial charge in [0.05, 0.1) is 19.9 Å². The molecule has 0 fully saturated rings. The summed E-state index contributed by atoms with van der Waals surface area (Å²) in [7, 11) is 5.11. The first kappa shape index (κ1) is 13.1. The molecular formula is C14H17N3O2. The van der Waals surface area contributed by atoms with Gasteiger partial charge in [-0.25, -0.2) is 9.97 Å². The fraction of sp³-hybridized carbons (Fsp3) is 0.286. The highest BCUT2D eigenvalue weighted by Crippen LogP contribution is 2.35. The Hall–Kier alpha value is -2.30. The number of rotatable bonds is 4. The molecule has 1 heterocycles. The highest BCUT2D eigenvalue weighted by Gasteiger charge is 2.12. The van der Waals surface area contributed by atoms with Gasteiger partial charge in [-0.15, -0.1) is 0 Å². The standard InChI is InChI=1S/C14H17N3O2/c1-9-5-13(19-4)10(6-12(9)18-3)11-7-14(15-2)17-8-16-11/h5-8H,1-4H3,(H,15,16,17). The summed E-state index contributed by atoms with van der Waals surface area (Å²) in [4.78, 5) is 8.39. The molecule has 1 aromatic carbocycles. The van der Waals surface area contributed by atoms with E-state index in [0.29, 0.717) is 0 Å². The minimum atomic E-state index is 0.756. The largest absolute Gasteiger partial charge is 0.496 e. The van der Waals surface area contributed by atoms with Crippen molar-refractivity contribution in [3.05, 3.63) is 30.1 Å². The first-order valence-corrected chi connectivity index (χ1v) is 5.92. The molecule has 0 aliphatic carbocycles.